The zero-order chi connectivity index (χ0) is 28.8. The Hall–Kier alpha value is -5.31. The normalized spacial score (nSPS) is 14.5. The Bertz CT molecular complexity index is 1670. The van der Waals surface area contributed by atoms with Crippen molar-refractivity contribution in [2.75, 3.05) is 13.7 Å². The third-order valence-corrected chi connectivity index (χ3v) is 6.79. The number of methoxy groups -OCH3 is 1. The number of rotatable bonds is 10. The molecule has 2 N–H and O–H groups in total. The average Bonchev–Trinajstić information content (AvgIpc) is 3.67. The summed E-state index contributed by atoms with van der Waals surface area (Å²) in [5.74, 6) is -2.02. The number of aromatic nitrogens is 1. The van der Waals surface area contributed by atoms with E-state index in [9.17, 15) is 19.2 Å². The predicted molar refractivity (Wildman–Crippen MR) is 154 cm³/mol. The number of ether oxygens (including phenoxy) is 1. The molecule has 0 saturated heterocycles. The second kappa shape index (κ2) is 12.3. The molecule has 1 aliphatic rings. The van der Waals surface area contributed by atoms with Gasteiger partial charge < -0.3 is 19.9 Å². The van der Waals surface area contributed by atoms with Crippen molar-refractivity contribution in [3.63, 3.8) is 0 Å². The summed E-state index contributed by atoms with van der Waals surface area (Å²) in [6.45, 7) is 0.497. The van der Waals surface area contributed by atoms with Crippen LogP contribution in [0, 0.1) is 0 Å². The summed E-state index contributed by atoms with van der Waals surface area (Å²) >= 11 is 0. The molecule has 1 unspecified atom stereocenters. The smallest absolute Gasteiger partial charge is 0.350 e. The van der Waals surface area contributed by atoms with Gasteiger partial charge in [-0.1, -0.05) is 71.9 Å². The van der Waals surface area contributed by atoms with Crippen LogP contribution in [0.1, 0.15) is 43.8 Å². The Morgan fingerprint density at radius 3 is 2.37 bits per heavy atom. The zero-order valence-corrected chi connectivity index (χ0v) is 22.3. The number of Topliss-reactive ketones (excluding diaryl/α,β-unsaturated/α-hetero) is 2. The molecule has 1 aromatic heterocycles. The molecule has 9 nitrogen and oxygen atoms in total. The van der Waals surface area contributed by atoms with E-state index in [1.807, 2.05) is 30.5 Å². The fourth-order valence-corrected chi connectivity index (χ4v) is 4.52. The molecule has 0 spiro atoms. The number of hydrogen-bond donors (Lipinski definition) is 2. The number of para-hydroxylation sites is 1. The molecular formula is C32H27N3O6. The molecule has 0 aliphatic carbocycles. The van der Waals surface area contributed by atoms with Crippen LogP contribution in [0.5, 0.6) is 0 Å². The number of aromatic amines is 1. The maximum Gasteiger partial charge on any atom is 0.350 e. The highest BCUT2D eigenvalue weighted by Gasteiger charge is 2.29. The Labute approximate surface area is 235 Å². The van der Waals surface area contributed by atoms with Crippen molar-refractivity contribution in [1.82, 2.24) is 10.3 Å². The first kappa shape index (κ1) is 27.3. The van der Waals surface area contributed by atoms with Crippen molar-refractivity contribution in [1.29, 1.82) is 0 Å². The summed E-state index contributed by atoms with van der Waals surface area (Å²) in [7, 11) is 1.28. The molecule has 3 aromatic carbocycles. The van der Waals surface area contributed by atoms with Crippen LogP contribution in [-0.4, -0.2) is 53.9 Å². The molecule has 0 radical (unpaired) electrons. The Kier molecular flexibility index (Phi) is 8.15. The van der Waals surface area contributed by atoms with Gasteiger partial charge in [-0.15, -0.1) is 0 Å². The van der Waals surface area contributed by atoms with Crippen LogP contribution in [0.4, 0.5) is 0 Å². The van der Waals surface area contributed by atoms with E-state index in [0.717, 1.165) is 22.0 Å². The number of oxime groups is 1. The third kappa shape index (κ3) is 6.30. The van der Waals surface area contributed by atoms with Crippen LogP contribution < -0.4 is 5.32 Å². The van der Waals surface area contributed by atoms with Crippen molar-refractivity contribution in [3.8, 4) is 0 Å². The topological polar surface area (TPSA) is 127 Å². The number of H-pyrrole nitrogens is 1. The van der Waals surface area contributed by atoms with Crippen LogP contribution in [0.15, 0.2) is 90.2 Å². The first-order valence-electron chi connectivity index (χ1n) is 13.0. The molecule has 0 fully saturated rings. The maximum absolute atomic E-state index is 12.8. The van der Waals surface area contributed by atoms with Gasteiger partial charge in [0.25, 0.3) is 0 Å². The fraction of sp³-hybridized carbons (Fsp3) is 0.156. The number of benzene rings is 3. The summed E-state index contributed by atoms with van der Waals surface area (Å²) in [5.41, 5.74) is 4.63. The van der Waals surface area contributed by atoms with Gasteiger partial charge >= 0.3 is 5.97 Å². The lowest BCUT2D eigenvalue weighted by atomic mass is 9.98. The molecule has 41 heavy (non-hydrogen) atoms. The maximum atomic E-state index is 12.8. The first-order chi connectivity index (χ1) is 19.9. The lowest BCUT2D eigenvalue weighted by molar-refractivity contribution is -0.152. The minimum atomic E-state index is -0.791. The number of amides is 1. The SMILES string of the molecule is COC(=O)C1CC(c2ccc(C(=O)C(=O)c3ccc(/C=C/C(=O)NCCc4c[nH]c5ccccc45)cc3)cc2)=NO1. The quantitative estimate of drug-likeness (QED) is 0.132. The molecular weight excluding hydrogens is 522 g/mol. The van der Waals surface area contributed by atoms with Crippen LogP contribution in [-0.2, 0) is 25.6 Å². The van der Waals surface area contributed by atoms with E-state index in [4.69, 9.17) is 4.84 Å². The van der Waals surface area contributed by atoms with Crippen molar-refractivity contribution in [3.05, 3.63) is 113 Å². The van der Waals surface area contributed by atoms with Gasteiger partial charge in [-0.25, -0.2) is 4.79 Å². The molecule has 0 bridgehead atoms. The van der Waals surface area contributed by atoms with Crippen LogP contribution >= 0.6 is 0 Å². The number of nitrogens with one attached hydrogen (secondary N) is 2. The molecule has 1 aliphatic heterocycles. The Balaban J connectivity index is 1.12. The standard InChI is InChI=1S/C32H27N3O6/c1-40-32(39)28-18-27(35-41-28)21-11-13-23(14-12-21)31(38)30(37)22-9-6-20(7-10-22)8-15-29(36)33-17-16-24-19-34-26-5-3-2-4-25(24)26/h2-15,19,28,34H,16-18H2,1H3,(H,33,36)/b15-8+. The summed E-state index contributed by atoms with van der Waals surface area (Å²) in [4.78, 5) is 57.8. The summed E-state index contributed by atoms with van der Waals surface area (Å²) in [6.07, 6.45) is 5.21. The van der Waals surface area contributed by atoms with Gasteiger partial charge in [0, 0.05) is 47.3 Å². The second-order valence-electron chi connectivity index (χ2n) is 9.45. The van der Waals surface area contributed by atoms with Gasteiger partial charge in [0.1, 0.15) is 0 Å². The number of esters is 1. The first-order valence-corrected chi connectivity index (χ1v) is 13.0. The minimum absolute atomic E-state index is 0.223. The summed E-state index contributed by atoms with van der Waals surface area (Å²) < 4.78 is 4.66. The molecule has 1 amide bonds. The van der Waals surface area contributed by atoms with Crippen LogP contribution in [0.2, 0.25) is 0 Å². The molecule has 206 valence electrons. The number of ketones is 2. The number of nitrogens with zero attached hydrogens (tertiary/aromatic N) is 1. The monoisotopic (exact) mass is 549 g/mol. The van der Waals surface area contributed by atoms with Crippen molar-refractivity contribution >= 4 is 46.1 Å². The number of hydrogen-bond acceptors (Lipinski definition) is 7. The fourth-order valence-electron chi connectivity index (χ4n) is 4.52. The Morgan fingerprint density at radius 2 is 1.66 bits per heavy atom. The van der Waals surface area contributed by atoms with Gasteiger partial charge in [0.05, 0.1) is 12.8 Å². The lowest BCUT2D eigenvalue weighted by Crippen LogP contribution is -2.23. The van der Waals surface area contributed by atoms with E-state index < -0.39 is 23.6 Å². The van der Waals surface area contributed by atoms with E-state index in [0.29, 0.717) is 24.2 Å². The highest BCUT2D eigenvalue weighted by molar-refractivity contribution is 6.49. The molecule has 2 heterocycles. The van der Waals surface area contributed by atoms with Gasteiger partial charge in [-0.3, -0.25) is 14.4 Å². The molecule has 9 heteroatoms. The highest BCUT2D eigenvalue weighted by atomic mass is 16.7. The second-order valence-corrected chi connectivity index (χ2v) is 9.45. The van der Waals surface area contributed by atoms with E-state index in [1.165, 1.54) is 25.3 Å². The van der Waals surface area contributed by atoms with Gasteiger partial charge in [-0.05, 0) is 35.3 Å². The average molecular weight is 550 g/mol. The predicted octanol–water partition coefficient (Wildman–Crippen LogP) is 4.27. The van der Waals surface area contributed by atoms with Crippen LogP contribution in [0.25, 0.3) is 17.0 Å². The summed E-state index contributed by atoms with van der Waals surface area (Å²) in [6, 6.07) is 20.9. The largest absolute Gasteiger partial charge is 0.466 e. The lowest BCUT2D eigenvalue weighted by Gasteiger charge is -2.05. The van der Waals surface area contributed by atoms with Gasteiger partial charge in [0.15, 0.2) is 0 Å². The van der Waals surface area contributed by atoms with Crippen LogP contribution in [0.3, 0.4) is 0 Å². The number of carbonyl (C=O) groups is 4. The van der Waals surface area contributed by atoms with E-state index >= 15 is 0 Å². The number of carbonyl (C=O) groups excluding carboxylic acids is 4. The Morgan fingerprint density at radius 1 is 0.976 bits per heavy atom. The van der Waals surface area contributed by atoms with Crippen molar-refractivity contribution < 1.29 is 28.8 Å². The minimum Gasteiger partial charge on any atom is -0.466 e. The van der Waals surface area contributed by atoms with Gasteiger partial charge in [-0.2, -0.15) is 0 Å². The molecule has 1 atom stereocenters. The zero-order valence-electron chi connectivity index (χ0n) is 22.3. The van der Waals surface area contributed by atoms with Crippen molar-refractivity contribution in [2.45, 2.75) is 18.9 Å². The van der Waals surface area contributed by atoms with Crippen molar-refractivity contribution in [2.24, 2.45) is 5.16 Å². The number of fused-ring (bicyclic) bond motifs is 1. The van der Waals surface area contributed by atoms with E-state index in [1.54, 1.807) is 42.5 Å². The van der Waals surface area contributed by atoms with E-state index in [2.05, 4.69) is 20.2 Å². The van der Waals surface area contributed by atoms with Gasteiger partial charge in [0.2, 0.25) is 23.6 Å². The highest BCUT2D eigenvalue weighted by Crippen LogP contribution is 2.20. The van der Waals surface area contributed by atoms with E-state index in [-0.39, 0.29) is 23.5 Å². The molecule has 5 rings (SSSR count). The molecule has 0 saturated carbocycles. The summed E-state index contributed by atoms with van der Waals surface area (Å²) in [5, 5.41) is 7.94. The third-order valence-electron chi connectivity index (χ3n) is 6.79. The molecule has 4 aromatic rings.